The fraction of sp³-hybridized carbons (Fsp3) is 0.280. The summed E-state index contributed by atoms with van der Waals surface area (Å²) in [5.41, 5.74) is 2.03. The predicted octanol–water partition coefficient (Wildman–Crippen LogP) is 4.93. The fourth-order valence-electron chi connectivity index (χ4n) is 3.61. The van der Waals surface area contributed by atoms with E-state index in [-0.39, 0.29) is 11.8 Å². The van der Waals surface area contributed by atoms with Gasteiger partial charge < -0.3 is 14.6 Å². The Bertz CT molecular complexity index is 1160. The van der Waals surface area contributed by atoms with Crippen LogP contribution in [0.5, 0.6) is 5.75 Å². The second-order valence-electron chi connectivity index (χ2n) is 7.72. The first-order valence-electron chi connectivity index (χ1n) is 10.5. The van der Waals surface area contributed by atoms with Gasteiger partial charge in [0.2, 0.25) is 5.91 Å². The van der Waals surface area contributed by atoms with Crippen LogP contribution >= 0.6 is 0 Å². The molecule has 5 nitrogen and oxygen atoms in total. The molecule has 0 aliphatic carbocycles. The van der Waals surface area contributed by atoms with Gasteiger partial charge in [-0.1, -0.05) is 62.4 Å². The van der Waals surface area contributed by atoms with Gasteiger partial charge in [0, 0.05) is 17.8 Å². The zero-order valence-corrected chi connectivity index (χ0v) is 17.5. The summed E-state index contributed by atoms with van der Waals surface area (Å²) in [6.07, 6.45) is 0.842. The van der Waals surface area contributed by atoms with Crippen LogP contribution in [0.15, 0.2) is 66.7 Å². The number of nitrogens with zero attached hydrogens (tertiary/aromatic N) is 2. The highest BCUT2D eigenvalue weighted by Gasteiger charge is 2.13. The number of para-hydroxylation sites is 2. The van der Waals surface area contributed by atoms with Crippen molar-refractivity contribution in [3.63, 3.8) is 0 Å². The van der Waals surface area contributed by atoms with Crippen molar-refractivity contribution in [1.29, 1.82) is 0 Å². The minimum atomic E-state index is -0.0445. The van der Waals surface area contributed by atoms with Crippen molar-refractivity contribution < 1.29 is 9.53 Å². The Kier molecular flexibility index (Phi) is 5.98. The molecule has 0 saturated heterocycles. The van der Waals surface area contributed by atoms with Gasteiger partial charge in [-0.25, -0.2) is 4.98 Å². The molecule has 5 heteroatoms. The number of nitrogens with one attached hydrogen (secondary N) is 1. The van der Waals surface area contributed by atoms with Crippen LogP contribution in [0.2, 0.25) is 0 Å². The number of hydrogen-bond donors (Lipinski definition) is 1. The summed E-state index contributed by atoms with van der Waals surface area (Å²) in [6, 6.07) is 22.5. The number of carbonyl (C=O) groups is 1. The standard InChI is InChI=1S/C25H27N3O2/c1-18(2)25(29)26-17-24-27-21-12-5-6-13-22(21)28(24)15-8-16-30-23-14-7-10-19-9-3-4-11-20(19)23/h3-7,9-14,18H,8,15-17H2,1-2H3,(H,26,29). The second-order valence-corrected chi connectivity index (χ2v) is 7.72. The van der Waals surface area contributed by atoms with Gasteiger partial charge in [0.25, 0.3) is 0 Å². The molecule has 3 aromatic carbocycles. The molecule has 0 spiro atoms. The second kappa shape index (κ2) is 8.99. The Hall–Kier alpha value is -3.34. The summed E-state index contributed by atoms with van der Waals surface area (Å²) in [7, 11) is 0. The quantitative estimate of drug-likeness (QED) is 0.426. The average Bonchev–Trinajstić information content (AvgIpc) is 3.12. The van der Waals surface area contributed by atoms with Crippen LogP contribution < -0.4 is 10.1 Å². The van der Waals surface area contributed by atoms with Crippen molar-refractivity contribution >= 4 is 27.7 Å². The van der Waals surface area contributed by atoms with Crippen molar-refractivity contribution in [3.05, 3.63) is 72.6 Å². The molecule has 154 valence electrons. The molecule has 1 heterocycles. The molecule has 4 aromatic rings. The summed E-state index contributed by atoms with van der Waals surface area (Å²) in [5.74, 6) is 1.77. The number of aromatic nitrogens is 2. The third-order valence-electron chi connectivity index (χ3n) is 5.21. The van der Waals surface area contributed by atoms with Crippen LogP contribution in [0.1, 0.15) is 26.1 Å². The van der Waals surface area contributed by atoms with Crippen LogP contribution in [0.4, 0.5) is 0 Å². The molecule has 0 fully saturated rings. The maximum Gasteiger partial charge on any atom is 0.222 e. The number of fused-ring (bicyclic) bond motifs is 2. The third-order valence-corrected chi connectivity index (χ3v) is 5.21. The van der Waals surface area contributed by atoms with E-state index in [9.17, 15) is 4.79 Å². The van der Waals surface area contributed by atoms with E-state index in [2.05, 4.69) is 34.1 Å². The number of rotatable bonds is 8. The molecule has 0 aliphatic rings. The Balaban J connectivity index is 1.45. The molecular formula is C25H27N3O2. The molecule has 0 saturated carbocycles. The van der Waals surface area contributed by atoms with Crippen LogP contribution in [0.25, 0.3) is 21.8 Å². The van der Waals surface area contributed by atoms with Crippen molar-refractivity contribution in [2.75, 3.05) is 6.61 Å². The highest BCUT2D eigenvalue weighted by molar-refractivity contribution is 5.88. The Morgan fingerprint density at radius 2 is 1.80 bits per heavy atom. The predicted molar refractivity (Wildman–Crippen MR) is 120 cm³/mol. The minimum absolute atomic E-state index is 0.0351. The van der Waals surface area contributed by atoms with E-state index in [0.29, 0.717) is 13.2 Å². The number of benzene rings is 3. The average molecular weight is 402 g/mol. The number of hydrogen-bond acceptors (Lipinski definition) is 3. The Morgan fingerprint density at radius 1 is 1.03 bits per heavy atom. The summed E-state index contributed by atoms with van der Waals surface area (Å²) >= 11 is 0. The third kappa shape index (κ3) is 4.30. The lowest BCUT2D eigenvalue weighted by Crippen LogP contribution is -2.28. The lowest BCUT2D eigenvalue weighted by Gasteiger charge is -2.13. The SMILES string of the molecule is CC(C)C(=O)NCc1nc2ccccc2n1CCCOc1cccc2ccccc12. The van der Waals surface area contributed by atoms with Gasteiger partial charge in [-0.2, -0.15) is 0 Å². The number of amides is 1. The normalized spacial score (nSPS) is 11.3. The van der Waals surface area contributed by atoms with Gasteiger partial charge in [-0.3, -0.25) is 4.79 Å². The minimum Gasteiger partial charge on any atom is -0.493 e. The molecule has 0 atom stereocenters. The summed E-state index contributed by atoms with van der Waals surface area (Å²) in [6.45, 7) is 5.60. The molecular weight excluding hydrogens is 374 g/mol. The topological polar surface area (TPSA) is 56.2 Å². The molecule has 1 aromatic heterocycles. The van der Waals surface area contributed by atoms with Crippen LogP contribution in [0, 0.1) is 5.92 Å². The molecule has 0 aliphatic heterocycles. The first kappa shape index (κ1) is 20.0. The zero-order chi connectivity index (χ0) is 20.9. The van der Waals surface area contributed by atoms with E-state index in [1.807, 2.05) is 56.3 Å². The van der Waals surface area contributed by atoms with Gasteiger partial charge in [0.1, 0.15) is 11.6 Å². The highest BCUT2D eigenvalue weighted by atomic mass is 16.5. The molecule has 0 radical (unpaired) electrons. The van der Waals surface area contributed by atoms with Gasteiger partial charge in [-0.05, 0) is 30.0 Å². The Morgan fingerprint density at radius 3 is 2.67 bits per heavy atom. The summed E-state index contributed by atoms with van der Waals surface area (Å²) in [4.78, 5) is 16.7. The van der Waals surface area contributed by atoms with E-state index in [4.69, 9.17) is 9.72 Å². The summed E-state index contributed by atoms with van der Waals surface area (Å²) in [5, 5.41) is 5.29. The van der Waals surface area contributed by atoms with Gasteiger partial charge in [0.15, 0.2) is 0 Å². The number of aryl methyl sites for hydroxylation is 1. The molecule has 1 amide bonds. The zero-order valence-electron chi connectivity index (χ0n) is 17.5. The maximum atomic E-state index is 12.0. The van der Waals surface area contributed by atoms with Gasteiger partial charge in [-0.15, -0.1) is 0 Å². The molecule has 0 bridgehead atoms. The number of ether oxygens (including phenoxy) is 1. The van der Waals surface area contributed by atoms with E-state index >= 15 is 0 Å². The molecule has 4 rings (SSSR count). The largest absolute Gasteiger partial charge is 0.493 e. The fourth-order valence-corrected chi connectivity index (χ4v) is 3.61. The number of imidazole rings is 1. The smallest absolute Gasteiger partial charge is 0.222 e. The van der Waals surface area contributed by atoms with Crippen molar-refractivity contribution in [1.82, 2.24) is 14.9 Å². The van der Waals surface area contributed by atoms with Crippen molar-refractivity contribution in [3.8, 4) is 5.75 Å². The highest BCUT2D eigenvalue weighted by Crippen LogP contribution is 2.25. The van der Waals surface area contributed by atoms with Gasteiger partial charge >= 0.3 is 0 Å². The van der Waals surface area contributed by atoms with Crippen LogP contribution in [-0.2, 0) is 17.9 Å². The van der Waals surface area contributed by atoms with Crippen LogP contribution in [0.3, 0.4) is 0 Å². The van der Waals surface area contributed by atoms with Crippen molar-refractivity contribution in [2.45, 2.75) is 33.4 Å². The van der Waals surface area contributed by atoms with E-state index < -0.39 is 0 Å². The van der Waals surface area contributed by atoms with Crippen molar-refractivity contribution in [2.24, 2.45) is 5.92 Å². The molecule has 1 N–H and O–H groups in total. The molecule has 0 unspecified atom stereocenters. The lowest BCUT2D eigenvalue weighted by molar-refractivity contribution is -0.124. The maximum absolute atomic E-state index is 12.0. The van der Waals surface area contributed by atoms with E-state index in [1.165, 1.54) is 5.39 Å². The first-order valence-corrected chi connectivity index (χ1v) is 10.5. The first-order chi connectivity index (χ1) is 14.6. The van der Waals surface area contributed by atoms with Crippen LogP contribution in [-0.4, -0.2) is 22.1 Å². The van der Waals surface area contributed by atoms with E-state index in [1.54, 1.807) is 0 Å². The number of carbonyl (C=O) groups excluding carboxylic acids is 1. The Labute approximate surface area is 176 Å². The van der Waals surface area contributed by atoms with Gasteiger partial charge in [0.05, 0.1) is 24.2 Å². The lowest BCUT2D eigenvalue weighted by atomic mass is 10.1. The monoisotopic (exact) mass is 401 g/mol. The summed E-state index contributed by atoms with van der Waals surface area (Å²) < 4.78 is 8.28. The van der Waals surface area contributed by atoms with E-state index in [0.717, 1.165) is 41.0 Å². The molecule has 30 heavy (non-hydrogen) atoms.